The minimum Gasteiger partial charge on any atom is -0.465 e. The van der Waals surface area contributed by atoms with Crippen molar-refractivity contribution in [3.63, 3.8) is 0 Å². The van der Waals surface area contributed by atoms with Crippen LogP contribution in [0.4, 0.5) is 14.5 Å². The fourth-order valence-electron chi connectivity index (χ4n) is 5.02. The molecule has 0 radical (unpaired) electrons. The molecular formula is C24H24F2N2O4. The van der Waals surface area contributed by atoms with Gasteiger partial charge in [-0.2, -0.15) is 0 Å². The van der Waals surface area contributed by atoms with E-state index in [-0.39, 0.29) is 24.3 Å². The number of carbonyl (C=O) groups excluding carboxylic acids is 3. The van der Waals surface area contributed by atoms with Gasteiger partial charge >= 0.3 is 5.97 Å². The number of carbonyl (C=O) groups is 3. The van der Waals surface area contributed by atoms with E-state index in [9.17, 15) is 23.2 Å². The lowest BCUT2D eigenvalue weighted by molar-refractivity contribution is -0.155. The second kappa shape index (κ2) is 8.43. The molecule has 168 valence electrons. The first kappa shape index (κ1) is 22.1. The van der Waals surface area contributed by atoms with Crippen LogP contribution in [0.1, 0.15) is 38.3 Å². The Bertz CT molecular complexity index is 1060. The van der Waals surface area contributed by atoms with Crippen LogP contribution in [0.15, 0.2) is 48.5 Å². The highest BCUT2D eigenvalue weighted by Crippen LogP contribution is 2.52. The normalized spacial score (nSPS) is 27.0. The lowest BCUT2D eigenvalue weighted by Crippen LogP contribution is -2.56. The molecule has 2 amide bonds. The van der Waals surface area contributed by atoms with E-state index in [4.69, 9.17) is 4.74 Å². The molecule has 0 saturated carbocycles. The zero-order chi connectivity index (χ0) is 23.0. The second-order valence-electron chi connectivity index (χ2n) is 8.08. The molecule has 2 aliphatic heterocycles. The third-order valence-electron chi connectivity index (χ3n) is 6.26. The van der Waals surface area contributed by atoms with Gasteiger partial charge in [0.25, 0.3) is 0 Å². The summed E-state index contributed by atoms with van der Waals surface area (Å²) in [5.74, 6) is -4.93. The number of esters is 1. The minimum absolute atomic E-state index is 0.0948. The van der Waals surface area contributed by atoms with Crippen LogP contribution in [0, 0.1) is 23.5 Å². The molecule has 4 rings (SSSR count). The van der Waals surface area contributed by atoms with E-state index in [1.165, 1.54) is 30.3 Å². The van der Waals surface area contributed by atoms with E-state index in [0.717, 1.165) is 17.0 Å². The Labute approximate surface area is 184 Å². The van der Waals surface area contributed by atoms with E-state index in [1.807, 2.05) is 6.92 Å². The van der Waals surface area contributed by atoms with Crippen LogP contribution in [0.3, 0.4) is 0 Å². The first-order valence-electron chi connectivity index (χ1n) is 10.7. The smallest absolute Gasteiger partial charge is 0.327 e. The predicted octanol–water partition coefficient (Wildman–Crippen LogP) is 3.52. The number of hydrogen-bond acceptors (Lipinski definition) is 5. The standard InChI is InChI=1S/C24H24F2N2O4/c1-3-13-24(23(31)32-4-2)19-18(20(27-24)16-7-5-6-8-17(16)26)21(29)28(22(19)30)15-11-9-14(25)10-12-15/h5-12,18-20,27H,3-4,13H2,1-2H3/t18-,19+,20-,24+/m0/s1. The monoisotopic (exact) mass is 442 g/mol. The topological polar surface area (TPSA) is 75.7 Å². The Morgan fingerprint density at radius 3 is 2.38 bits per heavy atom. The Hall–Kier alpha value is -3.13. The molecule has 2 heterocycles. The number of amides is 2. The largest absolute Gasteiger partial charge is 0.465 e. The highest BCUT2D eigenvalue weighted by atomic mass is 19.1. The van der Waals surface area contributed by atoms with Crippen molar-refractivity contribution in [1.82, 2.24) is 5.32 Å². The van der Waals surface area contributed by atoms with Crippen LogP contribution < -0.4 is 10.2 Å². The first-order valence-corrected chi connectivity index (χ1v) is 10.7. The molecule has 2 aromatic carbocycles. The fraction of sp³-hybridized carbons (Fsp3) is 0.375. The number of rotatable bonds is 6. The van der Waals surface area contributed by atoms with Crippen LogP contribution >= 0.6 is 0 Å². The number of hydrogen-bond donors (Lipinski definition) is 1. The summed E-state index contributed by atoms with van der Waals surface area (Å²) in [4.78, 5) is 41.3. The van der Waals surface area contributed by atoms with Crippen LogP contribution in [0.25, 0.3) is 0 Å². The van der Waals surface area contributed by atoms with Crippen molar-refractivity contribution in [3.8, 4) is 0 Å². The van der Waals surface area contributed by atoms with Crippen molar-refractivity contribution in [3.05, 3.63) is 65.7 Å². The van der Waals surface area contributed by atoms with Crippen LogP contribution in [-0.2, 0) is 19.1 Å². The number of halogens is 2. The molecule has 2 aromatic rings. The van der Waals surface area contributed by atoms with Gasteiger partial charge in [0, 0.05) is 11.6 Å². The molecule has 1 N–H and O–H groups in total. The maximum atomic E-state index is 14.8. The summed E-state index contributed by atoms with van der Waals surface area (Å²) >= 11 is 0. The van der Waals surface area contributed by atoms with Gasteiger partial charge in [0.15, 0.2) is 0 Å². The number of ether oxygens (including phenoxy) is 1. The minimum atomic E-state index is -1.48. The average molecular weight is 442 g/mol. The summed E-state index contributed by atoms with van der Waals surface area (Å²) in [6, 6.07) is 10.1. The van der Waals surface area contributed by atoms with Gasteiger partial charge < -0.3 is 4.74 Å². The lowest BCUT2D eigenvalue weighted by Gasteiger charge is -2.32. The maximum absolute atomic E-state index is 14.8. The van der Waals surface area contributed by atoms with Crippen molar-refractivity contribution in [2.45, 2.75) is 38.3 Å². The fourth-order valence-corrected chi connectivity index (χ4v) is 5.02. The molecule has 0 bridgehead atoms. The number of imide groups is 1. The van der Waals surface area contributed by atoms with Crippen molar-refractivity contribution >= 4 is 23.5 Å². The van der Waals surface area contributed by atoms with Gasteiger partial charge in [0.2, 0.25) is 11.8 Å². The summed E-state index contributed by atoms with van der Waals surface area (Å²) < 4.78 is 33.5. The molecule has 6 nitrogen and oxygen atoms in total. The maximum Gasteiger partial charge on any atom is 0.327 e. The highest BCUT2D eigenvalue weighted by molar-refractivity contribution is 6.24. The molecule has 2 aliphatic rings. The Morgan fingerprint density at radius 2 is 1.75 bits per heavy atom. The summed E-state index contributed by atoms with van der Waals surface area (Å²) in [5, 5.41) is 3.15. The van der Waals surface area contributed by atoms with Crippen molar-refractivity contribution in [1.29, 1.82) is 0 Å². The molecule has 0 aliphatic carbocycles. The molecule has 0 spiro atoms. The van der Waals surface area contributed by atoms with Crippen molar-refractivity contribution < 1.29 is 27.9 Å². The highest BCUT2D eigenvalue weighted by Gasteiger charge is 2.68. The number of nitrogens with one attached hydrogen (secondary N) is 1. The van der Waals surface area contributed by atoms with Crippen LogP contribution in [0.5, 0.6) is 0 Å². The summed E-state index contributed by atoms with van der Waals surface area (Å²) in [5.41, 5.74) is -1.08. The number of nitrogens with zero attached hydrogens (tertiary/aromatic N) is 1. The Balaban J connectivity index is 1.87. The van der Waals surface area contributed by atoms with E-state index in [0.29, 0.717) is 6.42 Å². The molecule has 4 atom stereocenters. The van der Waals surface area contributed by atoms with Gasteiger partial charge in [-0.3, -0.25) is 19.7 Å². The zero-order valence-corrected chi connectivity index (χ0v) is 17.8. The second-order valence-corrected chi connectivity index (χ2v) is 8.08. The molecule has 0 aromatic heterocycles. The van der Waals surface area contributed by atoms with Crippen molar-refractivity contribution in [2.75, 3.05) is 11.5 Å². The van der Waals surface area contributed by atoms with Gasteiger partial charge in [-0.25, -0.2) is 13.7 Å². The van der Waals surface area contributed by atoms with E-state index < -0.39 is 52.8 Å². The number of anilines is 1. The predicted molar refractivity (Wildman–Crippen MR) is 112 cm³/mol. The van der Waals surface area contributed by atoms with E-state index in [1.54, 1.807) is 13.0 Å². The molecule has 0 unspecified atom stereocenters. The van der Waals surface area contributed by atoms with Gasteiger partial charge in [-0.1, -0.05) is 31.5 Å². The molecule has 2 saturated heterocycles. The quantitative estimate of drug-likeness (QED) is 0.547. The lowest BCUT2D eigenvalue weighted by atomic mass is 9.77. The van der Waals surface area contributed by atoms with Crippen molar-refractivity contribution in [2.24, 2.45) is 11.8 Å². The van der Waals surface area contributed by atoms with E-state index >= 15 is 0 Å². The summed E-state index contributed by atoms with van der Waals surface area (Å²) in [6.45, 7) is 3.61. The van der Waals surface area contributed by atoms with Gasteiger partial charge in [-0.05, 0) is 43.7 Å². The third-order valence-corrected chi connectivity index (χ3v) is 6.26. The van der Waals surface area contributed by atoms with Gasteiger partial charge in [0.05, 0.1) is 24.1 Å². The SMILES string of the molecule is CCC[C@@]1(C(=O)OCC)N[C@@H](c2ccccc2F)[C@H]2C(=O)N(c3ccc(F)cc3)C(=O)[C@@H]21. The zero-order valence-electron chi connectivity index (χ0n) is 17.8. The van der Waals surface area contributed by atoms with Crippen LogP contribution in [-0.4, -0.2) is 29.9 Å². The Kier molecular flexibility index (Phi) is 5.81. The van der Waals surface area contributed by atoms with Crippen LogP contribution in [0.2, 0.25) is 0 Å². The molecule has 8 heteroatoms. The summed E-state index contributed by atoms with van der Waals surface area (Å²) in [6.07, 6.45) is 0.755. The third kappa shape index (κ3) is 3.30. The Morgan fingerprint density at radius 1 is 1.06 bits per heavy atom. The molecular weight excluding hydrogens is 418 g/mol. The average Bonchev–Trinajstić information content (AvgIpc) is 3.24. The number of benzene rings is 2. The van der Waals surface area contributed by atoms with Gasteiger partial charge in [-0.15, -0.1) is 0 Å². The number of fused-ring (bicyclic) bond motifs is 1. The summed E-state index contributed by atoms with van der Waals surface area (Å²) in [7, 11) is 0. The van der Waals surface area contributed by atoms with E-state index in [2.05, 4.69) is 5.32 Å². The molecule has 32 heavy (non-hydrogen) atoms. The molecule has 2 fully saturated rings. The van der Waals surface area contributed by atoms with Gasteiger partial charge in [0.1, 0.15) is 17.2 Å². The first-order chi connectivity index (χ1) is 15.4.